The van der Waals surface area contributed by atoms with Crippen LogP contribution in [-0.2, 0) is 6.54 Å². The Bertz CT molecular complexity index is 649. The van der Waals surface area contributed by atoms with Crippen LogP contribution in [0.15, 0.2) is 42.5 Å². The van der Waals surface area contributed by atoms with Gasteiger partial charge in [-0.2, -0.15) is 5.26 Å². The largest absolute Gasteiger partial charge is 0.306 e. The van der Waals surface area contributed by atoms with E-state index in [1.807, 2.05) is 37.3 Å². The van der Waals surface area contributed by atoms with Gasteiger partial charge in [0.25, 0.3) is 0 Å². The molecule has 0 amide bonds. The summed E-state index contributed by atoms with van der Waals surface area (Å²) in [6.07, 6.45) is 0. The molecule has 1 atom stereocenters. The third kappa shape index (κ3) is 3.36. The summed E-state index contributed by atoms with van der Waals surface area (Å²) in [5.41, 5.74) is 1.94. The fourth-order valence-corrected chi connectivity index (χ4v) is 2.27. The third-order valence-corrected chi connectivity index (χ3v) is 3.48. The molecule has 2 rings (SSSR count). The lowest BCUT2D eigenvalue weighted by Gasteiger charge is -2.15. The zero-order chi connectivity index (χ0) is 14.5. The molecule has 0 aliphatic heterocycles. The molecule has 0 bridgehead atoms. The molecule has 2 aromatic carbocycles. The van der Waals surface area contributed by atoms with Gasteiger partial charge < -0.3 is 5.32 Å². The van der Waals surface area contributed by atoms with Gasteiger partial charge in [-0.05, 0) is 36.2 Å². The van der Waals surface area contributed by atoms with Gasteiger partial charge in [-0.25, -0.2) is 4.39 Å². The van der Waals surface area contributed by atoms with Crippen molar-refractivity contribution in [3.05, 3.63) is 70.0 Å². The van der Waals surface area contributed by atoms with Gasteiger partial charge in [-0.3, -0.25) is 0 Å². The van der Waals surface area contributed by atoms with Crippen LogP contribution in [0.5, 0.6) is 0 Å². The van der Waals surface area contributed by atoms with Crippen molar-refractivity contribution in [2.24, 2.45) is 0 Å². The second-order valence-electron chi connectivity index (χ2n) is 4.55. The summed E-state index contributed by atoms with van der Waals surface area (Å²) in [5, 5.41) is 12.8. The van der Waals surface area contributed by atoms with Gasteiger partial charge in [0.15, 0.2) is 0 Å². The van der Waals surface area contributed by atoms with E-state index in [1.54, 1.807) is 12.1 Å². The summed E-state index contributed by atoms with van der Waals surface area (Å²) >= 11 is 6.14. The molecule has 0 fully saturated rings. The number of rotatable bonds is 4. The van der Waals surface area contributed by atoms with E-state index in [0.717, 1.165) is 11.1 Å². The van der Waals surface area contributed by atoms with Gasteiger partial charge in [-0.1, -0.05) is 35.9 Å². The van der Waals surface area contributed by atoms with Gasteiger partial charge in [0, 0.05) is 17.6 Å². The van der Waals surface area contributed by atoms with Gasteiger partial charge in [-0.15, -0.1) is 0 Å². The Morgan fingerprint density at radius 2 is 2.05 bits per heavy atom. The Morgan fingerprint density at radius 1 is 1.30 bits per heavy atom. The molecular formula is C16H14ClFN2. The van der Waals surface area contributed by atoms with Crippen molar-refractivity contribution in [3.8, 4) is 6.07 Å². The minimum Gasteiger partial charge on any atom is -0.306 e. The second-order valence-corrected chi connectivity index (χ2v) is 4.96. The Labute approximate surface area is 122 Å². The highest BCUT2D eigenvalue weighted by Crippen LogP contribution is 2.22. The number of benzene rings is 2. The summed E-state index contributed by atoms with van der Waals surface area (Å²) in [4.78, 5) is 0. The van der Waals surface area contributed by atoms with Crippen LogP contribution in [-0.4, -0.2) is 0 Å². The molecule has 2 aromatic rings. The van der Waals surface area contributed by atoms with Crippen molar-refractivity contribution in [2.45, 2.75) is 19.5 Å². The number of nitrogens with zero attached hydrogens (tertiary/aromatic N) is 1. The first-order valence-electron chi connectivity index (χ1n) is 6.28. The van der Waals surface area contributed by atoms with E-state index < -0.39 is 5.82 Å². The molecule has 0 aromatic heterocycles. The molecule has 0 aliphatic rings. The SMILES string of the molecule is C[C@@H](NCc1ccc(F)c(C#N)c1)c1ccccc1Cl. The van der Waals surface area contributed by atoms with Crippen molar-refractivity contribution >= 4 is 11.6 Å². The van der Waals surface area contributed by atoms with E-state index in [2.05, 4.69) is 5.32 Å². The molecule has 0 heterocycles. The van der Waals surface area contributed by atoms with Gasteiger partial charge in [0.05, 0.1) is 5.56 Å². The quantitative estimate of drug-likeness (QED) is 0.915. The zero-order valence-corrected chi connectivity index (χ0v) is 11.8. The zero-order valence-electron chi connectivity index (χ0n) is 11.0. The summed E-state index contributed by atoms with van der Waals surface area (Å²) < 4.78 is 13.2. The van der Waals surface area contributed by atoms with Crippen LogP contribution in [0, 0.1) is 17.1 Å². The van der Waals surface area contributed by atoms with Crippen LogP contribution in [0.25, 0.3) is 0 Å². The maximum Gasteiger partial charge on any atom is 0.140 e. The van der Waals surface area contributed by atoms with Crippen LogP contribution in [0.1, 0.15) is 29.7 Å². The highest BCUT2D eigenvalue weighted by Gasteiger charge is 2.09. The van der Waals surface area contributed by atoms with Crippen LogP contribution in [0.2, 0.25) is 5.02 Å². The van der Waals surface area contributed by atoms with Crippen molar-refractivity contribution in [1.82, 2.24) is 5.32 Å². The van der Waals surface area contributed by atoms with Gasteiger partial charge in [0.1, 0.15) is 11.9 Å². The summed E-state index contributed by atoms with van der Waals surface area (Å²) in [7, 11) is 0. The Hall–Kier alpha value is -1.89. The van der Waals surface area contributed by atoms with Gasteiger partial charge in [0.2, 0.25) is 0 Å². The van der Waals surface area contributed by atoms with Crippen LogP contribution in [0.3, 0.4) is 0 Å². The fraction of sp³-hybridized carbons (Fsp3) is 0.188. The molecule has 2 nitrogen and oxygen atoms in total. The summed E-state index contributed by atoms with van der Waals surface area (Å²) in [6, 6.07) is 14.1. The number of hydrogen-bond acceptors (Lipinski definition) is 2. The normalized spacial score (nSPS) is 11.9. The Kier molecular flexibility index (Phi) is 4.73. The topological polar surface area (TPSA) is 35.8 Å². The second kappa shape index (κ2) is 6.51. The van der Waals surface area contributed by atoms with E-state index >= 15 is 0 Å². The van der Waals surface area contributed by atoms with Crippen LogP contribution in [0.4, 0.5) is 4.39 Å². The smallest absolute Gasteiger partial charge is 0.140 e. The average Bonchev–Trinajstić information content (AvgIpc) is 2.46. The van der Waals surface area contributed by atoms with Crippen molar-refractivity contribution in [1.29, 1.82) is 5.26 Å². The number of hydrogen-bond donors (Lipinski definition) is 1. The van der Waals surface area contributed by atoms with E-state index in [4.69, 9.17) is 16.9 Å². The predicted molar refractivity (Wildman–Crippen MR) is 77.8 cm³/mol. The molecule has 4 heteroatoms. The summed E-state index contributed by atoms with van der Waals surface area (Å²) in [5.74, 6) is -0.490. The van der Waals surface area contributed by atoms with E-state index in [0.29, 0.717) is 11.6 Å². The van der Waals surface area contributed by atoms with E-state index in [9.17, 15) is 4.39 Å². The first kappa shape index (κ1) is 14.5. The number of nitriles is 1. The lowest BCUT2D eigenvalue weighted by Crippen LogP contribution is -2.18. The van der Waals surface area contributed by atoms with Crippen LogP contribution < -0.4 is 5.32 Å². The molecule has 0 aliphatic carbocycles. The first-order valence-corrected chi connectivity index (χ1v) is 6.66. The van der Waals surface area contributed by atoms with Crippen molar-refractivity contribution in [3.63, 3.8) is 0 Å². The Balaban J connectivity index is 2.06. The number of nitrogens with one attached hydrogen (secondary N) is 1. The molecular weight excluding hydrogens is 275 g/mol. The molecule has 0 radical (unpaired) electrons. The monoisotopic (exact) mass is 288 g/mol. The van der Waals surface area contributed by atoms with Gasteiger partial charge >= 0.3 is 0 Å². The molecule has 1 N–H and O–H groups in total. The standard InChI is InChI=1S/C16H14ClFN2/c1-11(14-4-2-3-5-15(14)17)20-10-12-6-7-16(18)13(8-12)9-19/h2-8,11,20H,10H2,1H3/t11-/m1/s1. The van der Waals surface area contributed by atoms with Crippen molar-refractivity contribution in [2.75, 3.05) is 0 Å². The molecule has 0 unspecified atom stereocenters. The highest BCUT2D eigenvalue weighted by atomic mass is 35.5. The van der Waals surface area contributed by atoms with Crippen molar-refractivity contribution < 1.29 is 4.39 Å². The maximum atomic E-state index is 13.2. The predicted octanol–water partition coefficient (Wildman–Crippen LogP) is 4.20. The molecule has 20 heavy (non-hydrogen) atoms. The lowest BCUT2D eigenvalue weighted by molar-refractivity contribution is 0.572. The third-order valence-electron chi connectivity index (χ3n) is 3.14. The minimum absolute atomic E-state index is 0.0645. The van der Waals surface area contributed by atoms with Crippen LogP contribution >= 0.6 is 11.6 Å². The fourth-order valence-electron chi connectivity index (χ4n) is 1.98. The van der Waals surface area contributed by atoms with E-state index in [1.165, 1.54) is 6.07 Å². The van der Waals surface area contributed by atoms with E-state index in [-0.39, 0.29) is 11.6 Å². The summed E-state index contributed by atoms with van der Waals surface area (Å²) in [6.45, 7) is 2.55. The lowest BCUT2D eigenvalue weighted by atomic mass is 10.1. The highest BCUT2D eigenvalue weighted by molar-refractivity contribution is 6.31. The Morgan fingerprint density at radius 3 is 2.75 bits per heavy atom. The molecule has 0 spiro atoms. The molecule has 0 saturated carbocycles. The first-order chi connectivity index (χ1) is 9.61. The minimum atomic E-state index is -0.490. The molecule has 102 valence electrons. The maximum absolute atomic E-state index is 13.2. The molecule has 0 saturated heterocycles. The average molecular weight is 289 g/mol. The number of halogens is 2.